The van der Waals surface area contributed by atoms with E-state index in [9.17, 15) is 4.21 Å². The lowest BCUT2D eigenvalue weighted by atomic mass is 10.9. The summed E-state index contributed by atoms with van der Waals surface area (Å²) in [6.45, 7) is 8.64. The molecule has 18 heavy (non-hydrogen) atoms. The highest BCUT2D eigenvalue weighted by Gasteiger charge is 2.42. The molecule has 0 spiro atoms. The predicted molar refractivity (Wildman–Crippen MR) is 73.7 cm³/mol. The molecule has 0 fully saturated rings. The monoisotopic (exact) mass is 318 g/mol. The predicted octanol–water partition coefficient (Wildman–Crippen LogP) is 1.20. The molecule has 0 aromatic rings. The van der Waals surface area contributed by atoms with Gasteiger partial charge in [0.05, 0.1) is 6.61 Å². The molecule has 0 bridgehead atoms. The highest BCUT2D eigenvalue weighted by molar-refractivity contribution is 8.27. The third kappa shape index (κ3) is 7.09. The van der Waals surface area contributed by atoms with E-state index in [2.05, 4.69) is 0 Å². The number of rotatable bonds is 11. The van der Waals surface area contributed by atoms with Crippen molar-refractivity contribution in [2.75, 3.05) is 32.7 Å². The molecule has 0 aliphatic heterocycles. The molecule has 0 aromatic carbocycles. The fraction of sp³-hybridized carbons (Fsp3) is 1.00. The average Bonchev–Trinajstić information content (AvgIpc) is 2.28. The molecule has 9 heteroatoms. The standard InChI is InChI=1S/C9H22O6S2Si/c1-5-11-17(10,16)12-9-18(13-6-2,14-7-3)15-8-4/h5-9H2,1-4H3. The average molecular weight is 318 g/mol. The molecule has 1 unspecified atom stereocenters. The second-order valence-electron chi connectivity index (χ2n) is 3.06. The van der Waals surface area contributed by atoms with E-state index in [1.54, 1.807) is 6.92 Å². The molecule has 0 aliphatic carbocycles. The molecule has 0 radical (unpaired) electrons. The molecule has 0 N–H and O–H groups in total. The lowest BCUT2D eigenvalue weighted by Gasteiger charge is -2.27. The van der Waals surface area contributed by atoms with Gasteiger partial charge in [-0.25, -0.2) is 0 Å². The minimum absolute atomic E-state index is 0.0785. The second kappa shape index (κ2) is 9.32. The summed E-state index contributed by atoms with van der Waals surface area (Å²) in [5.74, 6) is 0. The zero-order valence-corrected chi connectivity index (χ0v) is 13.9. The Bertz CT molecular complexity index is 291. The van der Waals surface area contributed by atoms with Crippen LogP contribution in [0, 0.1) is 0 Å². The van der Waals surface area contributed by atoms with Crippen molar-refractivity contribution in [3.8, 4) is 0 Å². The Morgan fingerprint density at radius 3 is 1.67 bits per heavy atom. The van der Waals surface area contributed by atoms with Gasteiger partial charge in [-0.2, -0.15) is 4.21 Å². The minimum atomic E-state index is -3.19. The van der Waals surface area contributed by atoms with Crippen LogP contribution in [0.5, 0.6) is 0 Å². The van der Waals surface area contributed by atoms with Gasteiger partial charge >= 0.3 is 8.80 Å². The first-order valence-electron chi connectivity index (χ1n) is 5.90. The van der Waals surface area contributed by atoms with E-state index in [4.69, 9.17) is 32.8 Å². The van der Waals surface area contributed by atoms with Gasteiger partial charge in [-0.1, -0.05) is 0 Å². The second-order valence-corrected chi connectivity index (χ2v) is 8.09. The molecular weight excluding hydrogens is 296 g/mol. The Hall–Kier alpha value is 0.387. The zero-order valence-electron chi connectivity index (χ0n) is 11.3. The molecule has 0 aliphatic rings. The minimum Gasteiger partial charge on any atom is -0.372 e. The van der Waals surface area contributed by atoms with Gasteiger partial charge in [-0.05, 0) is 27.7 Å². The maximum atomic E-state index is 11.7. The molecule has 0 heterocycles. The Kier molecular flexibility index (Phi) is 9.52. The summed E-state index contributed by atoms with van der Waals surface area (Å²) in [5.41, 5.74) is 0. The molecule has 1 atom stereocenters. The Balaban J connectivity index is 4.65. The summed E-state index contributed by atoms with van der Waals surface area (Å²) < 4.78 is 38.2. The normalized spacial score (nSPS) is 15.6. The van der Waals surface area contributed by atoms with Crippen LogP contribution in [0.1, 0.15) is 27.7 Å². The van der Waals surface area contributed by atoms with Crippen LogP contribution in [-0.2, 0) is 41.9 Å². The van der Waals surface area contributed by atoms with Gasteiger partial charge in [0.1, 0.15) is 6.23 Å². The van der Waals surface area contributed by atoms with E-state index in [0.29, 0.717) is 19.8 Å². The van der Waals surface area contributed by atoms with Crippen LogP contribution in [-0.4, -0.2) is 45.7 Å². The van der Waals surface area contributed by atoms with Gasteiger partial charge in [0.2, 0.25) is 0 Å². The van der Waals surface area contributed by atoms with E-state index in [1.165, 1.54) is 0 Å². The largest absolute Gasteiger partial charge is 0.529 e. The molecular formula is C9H22O6S2Si. The third-order valence-corrected chi connectivity index (χ3v) is 6.14. The smallest absolute Gasteiger partial charge is 0.372 e. The summed E-state index contributed by atoms with van der Waals surface area (Å²) in [6.07, 6.45) is -0.0785. The SMILES string of the molecule is CCO[Si](COS(=O)(=S)OCC)(OCC)OCC. The van der Waals surface area contributed by atoms with E-state index in [0.717, 1.165) is 0 Å². The number of hydrogen-bond donors (Lipinski definition) is 0. The van der Waals surface area contributed by atoms with E-state index in [1.807, 2.05) is 20.8 Å². The van der Waals surface area contributed by atoms with Crippen molar-refractivity contribution in [2.45, 2.75) is 27.7 Å². The topological polar surface area (TPSA) is 63.2 Å². The van der Waals surface area contributed by atoms with E-state index in [-0.39, 0.29) is 12.8 Å². The summed E-state index contributed by atoms with van der Waals surface area (Å²) in [5, 5.41) is 0. The van der Waals surface area contributed by atoms with E-state index < -0.39 is 17.9 Å². The molecule has 0 aromatic heterocycles. The first kappa shape index (κ1) is 18.4. The highest BCUT2D eigenvalue weighted by Crippen LogP contribution is 2.13. The van der Waals surface area contributed by atoms with Gasteiger partial charge in [-0.3, -0.25) is 8.37 Å². The van der Waals surface area contributed by atoms with Crippen LogP contribution in [0.3, 0.4) is 0 Å². The van der Waals surface area contributed by atoms with Crippen molar-refractivity contribution in [3.05, 3.63) is 0 Å². The van der Waals surface area contributed by atoms with Gasteiger partial charge < -0.3 is 13.3 Å². The van der Waals surface area contributed by atoms with Crippen molar-refractivity contribution < 1.29 is 25.9 Å². The van der Waals surface area contributed by atoms with Crippen LogP contribution < -0.4 is 0 Å². The quantitative estimate of drug-likeness (QED) is 0.530. The molecule has 6 nitrogen and oxygen atoms in total. The lowest BCUT2D eigenvalue weighted by molar-refractivity contribution is 0.0537. The van der Waals surface area contributed by atoms with Crippen LogP contribution in [0.2, 0.25) is 0 Å². The first-order valence-corrected chi connectivity index (χ1v) is 10.2. The van der Waals surface area contributed by atoms with Crippen molar-refractivity contribution in [1.29, 1.82) is 0 Å². The van der Waals surface area contributed by atoms with Crippen LogP contribution in [0.25, 0.3) is 0 Å². The summed E-state index contributed by atoms with van der Waals surface area (Å²) >= 11 is 4.70. The summed E-state index contributed by atoms with van der Waals surface area (Å²) in [4.78, 5) is 0. The van der Waals surface area contributed by atoms with Gasteiger partial charge in [0.25, 0.3) is 9.05 Å². The molecule has 0 rings (SSSR count). The van der Waals surface area contributed by atoms with Gasteiger partial charge in [0.15, 0.2) is 0 Å². The molecule has 110 valence electrons. The molecule has 0 amide bonds. The highest BCUT2D eigenvalue weighted by atomic mass is 32.9. The van der Waals surface area contributed by atoms with E-state index >= 15 is 0 Å². The Morgan fingerprint density at radius 1 is 0.889 bits per heavy atom. The van der Waals surface area contributed by atoms with Crippen molar-refractivity contribution in [1.82, 2.24) is 0 Å². The fourth-order valence-corrected chi connectivity index (χ4v) is 5.29. The van der Waals surface area contributed by atoms with Crippen molar-refractivity contribution in [2.24, 2.45) is 0 Å². The molecule has 0 saturated heterocycles. The van der Waals surface area contributed by atoms with Crippen molar-refractivity contribution in [3.63, 3.8) is 0 Å². The third-order valence-electron chi connectivity index (χ3n) is 1.73. The maximum absolute atomic E-state index is 11.7. The Labute approximate surface area is 115 Å². The Morgan fingerprint density at radius 2 is 1.33 bits per heavy atom. The van der Waals surface area contributed by atoms with Gasteiger partial charge in [-0.15, -0.1) is 0 Å². The zero-order chi connectivity index (χ0) is 14.1. The van der Waals surface area contributed by atoms with Crippen LogP contribution in [0.4, 0.5) is 0 Å². The lowest BCUT2D eigenvalue weighted by Crippen LogP contribution is -2.51. The number of hydrogen-bond acceptors (Lipinski definition) is 7. The first-order chi connectivity index (χ1) is 8.45. The molecule has 0 saturated carbocycles. The van der Waals surface area contributed by atoms with Crippen LogP contribution >= 0.6 is 0 Å². The fourth-order valence-electron chi connectivity index (χ4n) is 1.23. The maximum Gasteiger partial charge on any atom is 0.529 e. The summed E-state index contributed by atoms with van der Waals surface area (Å²) in [6, 6.07) is 0. The van der Waals surface area contributed by atoms with Gasteiger partial charge in [0, 0.05) is 31.0 Å². The van der Waals surface area contributed by atoms with Crippen LogP contribution in [0.15, 0.2) is 0 Å². The summed E-state index contributed by atoms with van der Waals surface area (Å²) in [7, 11) is -6.17. The van der Waals surface area contributed by atoms with Crippen molar-refractivity contribution >= 4 is 29.0 Å².